The number of hydrogen-bond donors (Lipinski definition) is 2. The molecule has 2 fully saturated rings. The molecule has 1 aliphatic carbocycles. The predicted molar refractivity (Wildman–Crippen MR) is 126 cm³/mol. The average Bonchev–Trinajstić information content (AvgIpc) is 3.46. The Bertz CT molecular complexity index is 1470. The summed E-state index contributed by atoms with van der Waals surface area (Å²) in [6, 6.07) is 10.4. The average molecular weight is 496 g/mol. The Morgan fingerprint density at radius 2 is 1.89 bits per heavy atom. The van der Waals surface area contributed by atoms with E-state index in [2.05, 4.69) is 27.6 Å². The maximum absolute atomic E-state index is 14.2. The molecular weight excluding hydrogens is 473 g/mol. The Hall–Kier alpha value is -3.73. The van der Waals surface area contributed by atoms with Crippen molar-refractivity contribution in [3.8, 4) is 11.5 Å². The fourth-order valence-electron chi connectivity index (χ4n) is 5.09. The highest BCUT2D eigenvalue weighted by Crippen LogP contribution is 2.41. The van der Waals surface area contributed by atoms with E-state index in [0.717, 1.165) is 10.9 Å². The molecule has 1 amide bonds. The molecule has 6 rings (SSSR count). The lowest BCUT2D eigenvalue weighted by Gasteiger charge is -2.30. The number of nitrogens with zero attached hydrogens (tertiary/aromatic N) is 5. The minimum Gasteiger partial charge on any atom is -0.465 e. The highest BCUT2D eigenvalue weighted by Gasteiger charge is 2.47. The first-order valence-corrected chi connectivity index (χ1v) is 11.8. The smallest absolute Gasteiger partial charge is 0.408 e. The largest absolute Gasteiger partial charge is 0.465 e. The van der Waals surface area contributed by atoms with Crippen LogP contribution in [-0.2, 0) is 0 Å². The number of pyridine rings is 2. The molecule has 11 heteroatoms. The Morgan fingerprint density at radius 1 is 1.08 bits per heavy atom. The quantitative estimate of drug-likeness (QED) is 0.413. The monoisotopic (exact) mass is 496 g/mol. The van der Waals surface area contributed by atoms with Gasteiger partial charge in [-0.25, -0.2) is 9.78 Å². The van der Waals surface area contributed by atoms with E-state index in [1.807, 2.05) is 12.1 Å². The SMILES string of the molecule is O=C(O)N[C@H]1CCN(C(c2ccc3nnc(-c4ccc5ccc(C6CC6)cc5n4)n3c2)C(F)(F)F)C1. The van der Waals surface area contributed by atoms with Crippen molar-refractivity contribution in [2.45, 2.75) is 43.4 Å². The van der Waals surface area contributed by atoms with Gasteiger partial charge in [0.1, 0.15) is 11.7 Å². The molecule has 8 nitrogen and oxygen atoms in total. The molecule has 1 unspecified atom stereocenters. The van der Waals surface area contributed by atoms with Gasteiger partial charge >= 0.3 is 12.3 Å². The molecule has 1 saturated carbocycles. The first-order valence-electron chi connectivity index (χ1n) is 11.8. The predicted octanol–water partition coefficient (Wildman–Crippen LogP) is 4.77. The molecule has 2 N–H and O–H groups in total. The number of benzene rings is 1. The van der Waals surface area contributed by atoms with Gasteiger partial charge in [0.05, 0.1) is 5.52 Å². The zero-order valence-corrected chi connectivity index (χ0v) is 19.1. The van der Waals surface area contributed by atoms with E-state index in [1.54, 1.807) is 6.07 Å². The maximum atomic E-state index is 14.2. The van der Waals surface area contributed by atoms with Gasteiger partial charge in [0.2, 0.25) is 0 Å². The second-order valence-electron chi connectivity index (χ2n) is 9.51. The second kappa shape index (κ2) is 8.44. The van der Waals surface area contributed by atoms with Crippen LogP contribution >= 0.6 is 0 Å². The molecule has 186 valence electrons. The normalized spacial score (nSPS) is 19.7. The molecule has 1 saturated heterocycles. The van der Waals surface area contributed by atoms with E-state index in [-0.39, 0.29) is 18.7 Å². The third-order valence-electron chi connectivity index (χ3n) is 6.96. The van der Waals surface area contributed by atoms with Crippen LogP contribution in [-0.4, -0.2) is 61.0 Å². The molecule has 1 aliphatic heterocycles. The van der Waals surface area contributed by atoms with Crippen LogP contribution in [0.1, 0.15) is 42.3 Å². The maximum Gasteiger partial charge on any atom is 0.408 e. The summed E-state index contributed by atoms with van der Waals surface area (Å²) in [4.78, 5) is 17.0. The van der Waals surface area contributed by atoms with Gasteiger partial charge in [-0.05, 0) is 54.5 Å². The summed E-state index contributed by atoms with van der Waals surface area (Å²) in [5, 5.41) is 20.6. The van der Waals surface area contributed by atoms with Gasteiger partial charge in [-0.1, -0.05) is 24.3 Å². The van der Waals surface area contributed by atoms with Crippen LogP contribution in [0, 0.1) is 0 Å². The summed E-state index contributed by atoms with van der Waals surface area (Å²) < 4.78 is 44.3. The van der Waals surface area contributed by atoms with E-state index in [1.165, 1.54) is 46.0 Å². The molecule has 0 bridgehead atoms. The number of amides is 1. The summed E-state index contributed by atoms with van der Waals surface area (Å²) in [6.45, 7) is 0.0941. The number of alkyl halides is 3. The molecule has 1 aromatic carbocycles. The lowest BCUT2D eigenvalue weighted by atomic mass is 10.1. The summed E-state index contributed by atoms with van der Waals surface area (Å²) in [7, 11) is 0. The summed E-state index contributed by atoms with van der Waals surface area (Å²) >= 11 is 0. The first-order chi connectivity index (χ1) is 17.3. The van der Waals surface area contributed by atoms with Crippen LogP contribution in [0.25, 0.3) is 28.1 Å². The number of likely N-dealkylation sites (tertiary alicyclic amines) is 1. The first kappa shape index (κ1) is 22.7. The Balaban J connectivity index is 1.37. The lowest BCUT2D eigenvalue weighted by Crippen LogP contribution is -2.40. The van der Waals surface area contributed by atoms with Crippen LogP contribution < -0.4 is 5.32 Å². The topological polar surface area (TPSA) is 95.7 Å². The van der Waals surface area contributed by atoms with Gasteiger partial charge in [0.25, 0.3) is 0 Å². The Morgan fingerprint density at radius 3 is 2.64 bits per heavy atom. The van der Waals surface area contributed by atoms with Crippen molar-refractivity contribution in [1.29, 1.82) is 0 Å². The van der Waals surface area contributed by atoms with Crippen molar-refractivity contribution >= 4 is 22.6 Å². The molecule has 2 atom stereocenters. The zero-order valence-electron chi connectivity index (χ0n) is 19.1. The van der Waals surface area contributed by atoms with Crippen LogP contribution in [0.4, 0.5) is 18.0 Å². The van der Waals surface area contributed by atoms with Crippen LogP contribution in [0.5, 0.6) is 0 Å². The van der Waals surface area contributed by atoms with E-state index in [9.17, 15) is 18.0 Å². The van der Waals surface area contributed by atoms with Gasteiger partial charge < -0.3 is 10.4 Å². The lowest BCUT2D eigenvalue weighted by molar-refractivity contribution is -0.184. The van der Waals surface area contributed by atoms with Crippen LogP contribution in [0.3, 0.4) is 0 Å². The summed E-state index contributed by atoms with van der Waals surface area (Å²) in [6.07, 6.45) is -1.73. The number of aromatic nitrogens is 4. The highest BCUT2D eigenvalue weighted by molar-refractivity contribution is 5.82. The summed E-state index contributed by atoms with van der Waals surface area (Å²) in [5.41, 5.74) is 3.02. The number of halogens is 3. The van der Waals surface area contributed by atoms with Crippen molar-refractivity contribution < 1.29 is 23.1 Å². The van der Waals surface area contributed by atoms with E-state index < -0.39 is 24.4 Å². The number of fused-ring (bicyclic) bond motifs is 2. The third kappa shape index (κ3) is 4.23. The molecule has 2 aliphatic rings. The van der Waals surface area contributed by atoms with Crippen molar-refractivity contribution in [2.24, 2.45) is 0 Å². The standard InChI is InChI=1S/C25H23F3N6O2/c26-25(27,28)22(33-10-9-18(13-33)29-24(35)36)17-6-8-21-31-32-23(34(21)12-17)19-7-5-15-3-4-16(14-1-2-14)11-20(15)30-19/h3-8,11-12,14,18,22,29H,1-2,9-10,13H2,(H,35,36)/t18-,22?/m0/s1. The number of carbonyl (C=O) groups is 1. The number of rotatable bonds is 5. The molecule has 4 heterocycles. The zero-order chi connectivity index (χ0) is 25.0. The fraction of sp³-hybridized carbons (Fsp3) is 0.360. The Kier molecular flexibility index (Phi) is 5.32. The van der Waals surface area contributed by atoms with E-state index in [0.29, 0.717) is 29.5 Å². The van der Waals surface area contributed by atoms with Crippen molar-refractivity contribution in [3.05, 3.63) is 59.8 Å². The van der Waals surface area contributed by atoms with Crippen molar-refractivity contribution in [1.82, 2.24) is 29.8 Å². The minimum atomic E-state index is -4.56. The molecule has 36 heavy (non-hydrogen) atoms. The summed E-state index contributed by atoms with van der Waals surface area (Å²) in [5.74, 6) is 0.935. The highest BCUT2D eigenvalue weighted by atomic mass is 19.4. The van der Waals surface area contributed by atoms with Crippen molar-refractivity contribution in [3.63, 3.8) is 0 Å². The third-order valence-corrected chi connectivity index (χ3v) is 6.96. The Labute approximate surface area is 203 Å². The van der Waals surface area contributed by atoms with Gasteiger partial charge in [-0.2, -0.15) is 13.2 Å². The number of nitrogens with one attached hydrogen (secondary N) is 1. The van der Waals surface area contributed by atoms with E-state index in [4.69, 9.17) is 10.1 Å². The number of hydrogen-bond acceptors (Lipinski definition) is 5. The minimum absolute atomic E-state index is 0.0287. The van der Waals surface area contributed by atoms with Gasteiger partial charge in [-0.15, -0.1) is 10.2 Å². The van der Waals surface area contributed by atoms with Crippen LogP contribution in [0.2, 0.25) is 0 Å². The molecule has 0 spiro atoms. The second-order valence-corrected chi connectivity index (χ2v) is 9.51. The van der Waals surface area contributed by atoms with E-state index >= 15 is 0 Å². The molecule has 4 aromatic rings. The van der Waals surface area contributed by atoms with Crippen molar-refractivity contribution in [2.75, 3.05) is 13.1 Å². The molecule has 0 radical (unpaired) electrons. The molecule has 3 aromatic heterocycles. The molecular formula is C25H23F3N6O2. The fourth-order valence-corrected chi connectivity index (χ4v) is 5.09. The van der Waals surface area contributed by atoms with Gasteiger partial charge in [0, 0.05) is 30.7 Å². The van der Waals surface area contributed by atoms with Gasteiger partial charge in [-0.3, -0.25) is 9.30 Å². The van der Waals surface area contributed by atoms with Crippen LogP contribution in [0.15, 0.2) is 48.7 Å². The van der Waals surface area contributed by atoms with Gasteiger partial charge in [0.15, 0.2) is 11.5 Å². The number of carboxylic acid groups (broad SMARTS) is 1.